The molecule has 0 saturated heterocycles. The molecule has 23 heavy (non-hydrogen) atoms. The van der Waals surface area contributed by atoms with E-state index in [0.717, 1.165) is 5.56 Å². The van der Waals surface area contributed by atoms with E-state index in [1.807, 2.05) is 18.3 Å². The number of amides is 1. The quantitative estimate of drug-likeness (QED) is 0.792. The van der Waals surface area contributed by atoms with E-state index in [9.17, 15) is 18.0 Å². The minimum Gasteiger partial charge on any atom is -0.493 e. The van der Waals surface area contributed by atoms with Gasteiger partial charge in [0.25, 0.3) is 0 Å². The first-order chi connectivity index (χ1) is 10.8. The number of carbonyl (C=O) groups excluding carboxylic acids is 1. The normalized spacial score (nSPS) is 11.4. The average Bonchev–Trinajstić information content (AvgIpc) is 2.51. The summed E-state index contributed by atoms with van der Waals surface area (Å²) >= 11 is 0. The molecule has 0 spiro atoms. The number of likely N-dealkylation sites (N-methyl/N-ethyl adjacent to an activating group) is 1. The van der Waals surface area contributed by atoms with Gasteiger partial charge in [-0.2, -0.15) is 13.2 Å². The SMILES string of the molecule is CCN(CC(=O)NCC(F)(F)F)Cc1ccc(OC)c(OC)c1. The van der Waals surface area contributed by atoms with Gasteiger partial charge >= 0.3 is 6.18 Å². The average molecular weight is 334 g/mol. The lowest BCUT2D eigenvalue weighted by molar-refractivity contribution is -0.139. The van der Waals surface area contributed by atoms with Gasteiger partial charge in [0.2, 0.25) is 5.91 Å². The van der Waals surface area contributed by atoms with Crippen LogP contribution < -0.4 is 14.8 Å². The van der Waals surface area contributed by atoms with E-state index in [1.165, 1.54) is 14.2 Å². The predicted octanol–water partition coefficient (Wildman–Crippen LogP) is 2.20. The number of hydrogen-bond acceptors (Lipinski definition) is 4. The van der Waals surface area contributed by atoms with E-state index < -0.39 is 18.6 Å². The molecule has 5 nitrogen and oxygen atoms in total. The highest BCUT2D eigenvalue weighted by Gasteiger charge is 2.27. The first-order valence-electron chi connectivity index (χ1n) is 7.05. The minimum atomic E-state index is -4.41. The maximum absolute atomic E-state index is 12.1. The zero-order valence-corrected chi connectivity index (χ0v) is 13.4. The molecule has 0 bridgehead atoms. The van der Waals surface area contributed by atoms with Crippen molar-refractivity contribution in [2.45, 2.75) is 19.6 Å². The smallest absolute Gasteiger partial charge is 0.405 e. The molecule has 0 aromatic heterocycles. The highest BCUT2D eigenvalue weighted by Crippen LogP contribution is 2.28. The molecule has 8 heteroatoms. The van der Waals surface area contributed by atoms with Gasteiger partial charge in [-0.05, 0) is 24.2 Å². The zero-order chi connectivity index (χ0) is 17.5. The number of hydrogen-bond donors (Lipinski definition) is 1. The molecule has 0 saturated carbocycles. The Morgan fingerprint density at radius 2 is 1.87 bits per heavy atom. The highest BCUT2D eigenvalue weighted by molar-refractivity contribution is 5.78. The number of halogens is 3. The van der Waals surface area contributed by atoms with Gasteiger partial charge in [-0.1, -0.05) is 13.0 Å². The number of benzene rings is 1. The predicted molar refractivity (Wildman–Crippen MR) is 79.6 cm³/mol. The zero-order valence-electron chi connectivity index (χ0n) is 13.4. The van der Waals surface area contributed by atoms with Crippen molar-refractivity contribution in [3.05, 3.63) is 23.8 Å². The second-order valence-electron chi connectivity index (χ2n) is 4.88. The number of nitrogens with zero attached hydrogens (tertiary/aromatic N) is 1. The van der Waals surface area contributed by atoms with E-state index in [4.69, 9.17) is 9.47 Å². The lowest BCUT2D eigenvalue weighted by Crippen LogP contribution is -2.40. The van der Waals surface area contributed by atoms with Crippen molar-refractivity contribution in [1.29, 1.82) is 0 Å². The standard InChI is InChI=1S/C15H21F3N2O3/c1-4-20(9-14(21)19-10-15(16,17)18)8-11-5-6-12(22-2)13(7-11)23-3/h5-7H,4,8-10H2,1-3H3,(H,19,21). The van der Waals surface area contributed by atoms with Crippen LogP contribution in [0.4, 0.5) is 13.2 Å². The topological polar surface area (TPSA) is 50.8 Å². The van der Waals surface area contributed by atoms with Crippen molar-refractivity contribution in [1.82, 2.24) is 10.2 Å². The fraction of sp³-hybridized carbons (Fsp3) is 0.533. The third kappa shape index (κ3) is 6.77. The van der Waals surface area contributed by atoms with Crippen LogP contribution in [0.3, 0.4) is 0 Å². The van der Waals surface area contributed by atoms with Gasteiger partial charge in [0, 0.05) is 6.54 Å². The van der Waals surface area contributed by atoms with Crippen molar-refractivity contribution < 1.29 is 27.4 Å². The van der Waals surface area contributed by atoms with E-state index in [1.54, 1.807) is 17.0 Å². The molecule has 1 aromatic carbocycles. The molecule has 0 radical (unpaired) electrons. The number of rotatable bonds is 8. The van der Waals surface area contributed by atoms with Crippen molar-refractivity contribution >= 4 is 5.91 Å². The molecule has 0 fully saturated rings. The first kappa shape index (κ1) is 19.1. The Morgan fingerprint density at radius 3 is 2.39 bits per heavy atom. The summed E-state index contributed by atoms with van der Waals surface area (Å²) in [6.45, 7) is 1.34. The second-order valence-corrected chi connectivity index (χ2v) is 4.88. The second kappa shape index (κ2) is 8.61. The third-order valence-corrected chi connectivity index (χ3v) is 3.15. The summed E-state index contributed by atoms with van der Waals surface area (Å²) in [5.41, 5.74) is 0.869. The minimum absolute atomic E-state index is 0.110. The van der Waals surface area contributed by atoms with E-state index in [0.29, 0.717) is 24.6 Å². The monoisotopic (exact) mass is 334 g/mol. The Labute approximate surface area is 133 Å². The lowest BCUT2D eigenvalue weighted by atomic mass is 10.2. The third-order valence-electron chi connectivity index (χ3n) is 3.15. The molecule has 0 aliphatic carbocycles. The van der Waals surface area contributed by atoms with Crippen LogP contribution in [0, 0.1) is 0 Å². The molecular weight excluding hydrogens is 313 g/mol. The largest absolute Gasteiger partial charge is 0.493 e. The molecule has 1 aromatic rings. The van der Waals surface area contributed by atoms with Gasteiger partial charge in [0.15, 0.2) is 11.5 Å². The molecule has 0 aliphatic heterocycles. The van der Waals surface area contributed by atoms with Gasteiger partial charge < -0.3 is 14.8 Å². The Morgan fingerprint density at radius 1 is 1.22 bits per heavy atom. The van der Waals surface area contributed by atoms with Gasteiger partial charge in [0.05, 0.1) is 20.8 Å². The fourth-order valence-corrected chi connectivity index (χ4v) is 1.97. The summed E-state index contributed by atoms with van der Waals surface area (Å²) in [6, 6.07) is 5.33. The van der Waals surface area contributed by atoms with Crippen LogP contribution in [0.2, 0.25) is 0 Å². The maximum Gasteiger partial charge on any atom is 0.405 e. The molecular formula is C15H21F3N2O3. The van der Waals surface area contributed by atoms with Gasteiger partial charge in [-0.15, -0.1) is 0 Å². The maximum atomic E-state index is 12.1. The summed E-state index contributed by atoms with van der Waals surface area (Å²) < 4.78 is 46.6. The Hall–Kier alpha value is -1.96. The summed E-state index contributed by atoms with van der Waals surface area (Å²) in [5, 5.41) is 1.86. The van der Waals surface area contributed by atoms with Crippen LogP contribution in [-0.4, -0.2) is 50.8 Å². The molecule has 0 heterocycles. The summed E-state index contributed by atoms with van der Waals surface area (Å²) in [6.07, 6.45) is -4.41. The number of alkyl halides is 3. The van der Waals surface area contributed by atoms with Gasteiger partial charge in [-0.25, -0.2) is 0 Å². The molecule has 1 rings (SSSR count). The molecule has 0 atom stereocenters. The Bertz CT molecular complexity index is 521. The fourth-order valence-electron chi connectivity index (χ4n) is 1.97. The van der Waals surface area contributed by atoms with Crippen molar-refractivity contribution in [2.24, 2.45) is 0 Å². The first-order valence-corrected chi connectivity index (χ1v) is 7.05. The molecule has 0 unspecified atom stereocenters. The van der Waals surface area contributed by atoms with E-state index >= 15 is 0 Å². The van der Waals surface area contributed by atoms with Crippen LogP contribution in [0.1, 0.15) is 12.5 Å². The van der Waals surface area contributed by atoms with Crippen molar-refractivity contribution in [3.63, 3.8) is 0 Å². The highest BCUT2D eigenvalue weighted by atomic mass is 19.4. The van der Waals surface area contributed by atoms with Crippen LogP contribution in [0.5, 0.6) is 11.5 Å². The van der Waals surface area contributed by atoms with Gasteiger partial charge in [0.1, 0.15) is 6.54 Å². The Kier molecular flexibility index (Phi) is 7.15. The number of carbonyl (C=O) groups is 1. The molecule has 1 amide bonds. The molecule has 1 N–H and O–H groups in total. The summed E-state index contributed by atoms with van der Waals surface area (Å²) in [4.78, 5) is 13.3. The van der Waals surface area contributed by atoms with Crippen molar-refractivity contribution in [2.75, 3.05) is 33.9 Å². The van der Waals surface area contributed by atoms with E-state index in [-0.39, 0.29) is 6.54 Å². The summed E-state index contributed by atoms with van der Waals surface area (Å²) in [7, 11) is 3.05. The van der Waals surface area contributed by atoms with Crippen LogP contribution in [-0.2, 0) is 11.3 Å². The van der Waals surface area contributed by atoms with Crippen LogP contribution in [0.25, 0.3) is 0 Å². The van der Waals surface area contributed by atoms with Gasteiger partial charge in [-0.3, -0.25) is 9.69 Å². The Balaban J connectivity index is 2.64. The van der Waals surface area contributed by atoms with Crippen molar-refractivity contribution in [3.8, 4) is 11.5 Å². The number of methoxy groups -OCH3 is 2. The number of ether oxygens (including phenoxy) is 2. The number of nitrogens with one attached hydrogen (secondary N) is 1. The van der Waals surface area contributed by atoms with Crippen LogP contribution in [0.15, 0.2) is 18.2 Å². The summed E-state index contributed by atoms with van der Waals surface area (Å²) in [5.74, 6) is 0.481. The van der Waals surface area contributed by atoms with E-state index in [2.05, 4.69) is 0 Å². The molecule has 130 valence electrons. The lowest BCUT2D eigenvalue weighted by Gasteiger charge is -2.21. The van der Waals surface area contributed by atoms with Crippen LogP contribution >= 0.6 is 0 Å². The molecule has 0 aliphatic rings.